The van der Waals surface area contributed by atoms with Crippen molar-refractivity contribution in [3.63, 3.8) is 0 Å². The summed E-state index contributed by atoms with van der Waals surface area (Å²) in [5.41, 5.74) is 3.01. The SMILES string of the molecule is COc1cccc2c1O[C@@H](c1ccc(OC)c(OC)c1C(=O)O)N1N=C(c3ccc(Cl)cc3)C[C@H]21. The summed E-state index contributed by atoms with van der Waals surface area (Å²) in [6, 6.07) is 16.3. The number of aromatic carboxylic acids is 1. The van der Waals surface area contributed by atoms with Gasteiger partial charge in [0.2, 0.25) is 6.23 Å². The van der Waals surface area contributed by atoms with Gasteiger partial charge in [-0.1, -0.05) is 35.9 Å². The Morgan fingerprint density at radius 3 is 2.40 bits per heavy atom. The van der Waals surface area contributed by atoms with Gasteiger partial charge in [0.1, 0.15) is 5.56 Å². The Kier molecular flexibility index (Phi) is 5.90. The third-order valence-electron chi connectivity index (χ3n) is 6.24. The Balaban J connectivity index is 1.70. The molecule has 0 saturated heterocycles. The first-order valence-corrected chi connectivity index (χ1v) is 11.3. The van der Waals surface area contributed by atoms with E-state index in [4.69, 9.17) is 35.6 Å². The molecular formula is C26H23ClN2O6. The molecule has 35 heavy (non-hydrogen) atoms. The molecule has 5 rings (SSSR count). The highest BCUT2D eigenvalue weighted by Gasteiger charge is 2.44. The molecule has 1 N–H and O–H groups in total. The molecule has 0 saturated carbocycles. The summed E-state index contributed by atoms with van der Waals surface area (Å²) in [4.78, 5) is 12.4. The van der Waals surface area contributed by atoms with Gasteiger partial charge in [0.25, 0.3) is 0 Å². The number of hydrazone groups is 1. The first-order valence-electron chi connectivity index (χ1n) is 10.9. The van der Waals surface area contributed by atoms with E-state index in [1.165, 1.54) is 14.2 Å². The van der Waals surface area contributed by atoms with Crippen LogP contribution in [0.25, 0.3) is 0 Å². The van der Waals surface area contributed by atoms with Crippen LogP contribution in [0.1, 0.15) is 45.7 Å². The summed E-state index contributed by atoms with van der Waals surface area (Å²) < 4.78 is 22.8. The van der Waals surface area contributed by atoms with Crippen molar-refractivity contribution in [1.29, 1.82) is 0 Å². The summed E-state index contributed by atoms with van der Waals surface area (Å²) in [6.07, 6.45) is -0.253. The normalized spacial score (nSPS) is 18.2. The Bertz CT molecular complexity index is 1320. The van der Waals surface area contributed by atoms with Gasteiger partial charge in [-0.15, -0.1) is 0 Å². The molecule has 2 heterocycles. The second-order valence-corrected chi connectivity index (χ2v) is 8.51. The van der Waals surface area contributed by atoms with Gasteiger partial charge in [-0.25, -0.2) is 9.80 Å². The summed E-state index contributed by atoms with van der Waals surface area (Å²) in [6.45, 7) is 0. The number of para-hydroxylation sites is 1. The zero-order chi connectivity index (χ0) is 24.7. The molecule has 0 radical (unpaired) electrons. The van der Waals surface area contributed by atoms with Crippen molar-refractivity contribution in [3.05, 3.63) is 81.9 Å². The van der Waals surface area contributed by atoms with Gasteiger partial charge in [0.05, 0.1) is 33.1 Å². The first-order chi connectivity index (χ1) is 17.0. The molecule has 0 amide bonds. The fourth-order valence-electron chi connectivity index (χ4n) is 4.64. The Morgan fingerprint density at radius 1 is 1.00 bits per heavy atom. The van der Waals surface area contributed by atoms with E-state index < -0.39 is 12.2 Å². The van der Waals surface area contributed by atoms with Gasteiger partial charge in [-0.05, 0) is 35.9 Å². The summed E-state index contributed by atoms with van der Waals surface area (Å²) in [7, 11) is 4.44. The summed E-state index contributed by atoms with van der Waals surface area (Å²) >= 11 is 6.08. The van der Waals surface area contributed by atoms with E-state index >= 15 is 0 Å². The number of nitrogens with zero attached hydrogens (tertiary/aromatic N) is 2. The van der Waals surface area contributed by atoms with E-state index in [0.717, 1.165) is 16.8 Å². The Labute approximate surface area is 207 Å². The number of benzene rings is 3. The molecule has 180 valence electrons. The molecule has 0 spiro atoms. The van der Waals surface area contributed by atoms with Crippen LogP contribution in [0.2, 0.25) is 5.02 Å². The van der Waals surface area contributed by atoms with Crippen molar-refractivity contribution in [2.45, 2.75) is 18.7 Å². The first kappa shape index (κ1) is 22.9. The topological polar surface area (TPSA) is 89.8 Å². The zero-order valence-corrected chi connectivity index (χ0v) is 20.1. The number of fused-ring (bicyclic) bond motifs is 3. The van der Waals surface area contributed by atoms with Crippen molar-refractivity contribution in [2.24, 2.45) is 5.10 Å². The molecule has 0 aromatic heterocycles. The third kappa shape index (κ3) is 3.80. The molecule has 3 aromatic rings. The number of carboxylic acid groups (broad SMARTS) is 1. The third-order valence-corrected chi connectivity index (χ3v) is 6.49. The fourth-order valence-corrected chi connectivity index (χ4v) is 4.76. The maximum Gasteiger partial charge on any atom is 0.340 e. The number of carbonyl (C=O) groups is 1. The number of carboxylic acids is 1. The number of hydrogen-bond donors (Lipinski definition) is 1. The van der Waals surface area contributed by atoms with Crippen LogP contribution in [0.15, 0.2) is 59.7 Å². The summed E-state index contributed by atoms with van der Waals surface area (Å²) in [5.74, 6) is 0.377. The van der Waals surface area contributed by atoms with Gasteiger partial charge >= 0.3 is 5.97 Å². The van der Waals surface area contributed by atoms with Crippen molar-refractivity contribution in [3.8, 4) is 23.0 Å². The van der Waals surface area contributed by atoms with Crippen molar-refractivity contribution in [2.75, 3.05) is 21.3 Å². The number of hydrogen-bond acceptors (Lipinski definition) is 7. The van der Waals surface area contributed by atoms with Crippen LogP contribution in [-0.4, -0.2) is 43.1 Å². The highest BCUT2D eigenvalue weighted by molar-refractivity contribution is 6.30. The fraction of sp³-hybridized carbons (Fsp3) is 0.231. The monoisotopic (exact) mass is 494 g/mol. The van der Waals surface area contributed by atoms with Crippen molar-refractivity contribution >= 4 is 23.3 Å². The smallest absolute Gasteiger partial charge is 0.340 e. The van der Waals surface area contributed by atoms with Crippen LogP contribution in [0.3, 0.4) is 0 Å². The largest absolute Gasteiger partial charge is 0.493 e. The lowest BCUT2D eigenvalue weighted by Gasteiger charge is -2.39. The molecule has 9 heteroatoms. The molecule has 2 aliphatic rings. The molecule has 0 fully saturated rings. The lowest BCUT2D eigenvalue weighted by atomic mass is 9.94. The quantitative estimate of drug-likeness (QED) is 0.497. The van der Waals surface area contributed by atoms with Gasteiger partial charge < -0.3 is 24.1 Å². The second kappa shape index (κ2) is 9.03. The van der Waals surface area contributed by atoms with Gasteiger partial charge in [0, 0.05) is 22.6 Å². The van der Waals surface area contributed by atoms with Crippen LogP contribution in [0, 0.1) is 0 Å². The highest BCUT2D eigenvalue weighted by Crippen LogP contribution is 2.52. The van der Waals surface area contributed by atoms with Gasteiger partial charge in [-0.3, -0.25) is 0 Å². The molecule has 8 nitrogen and oxygen atoms in total. The van der Waals surface area contributed by atoms with Gasteiger partial charge in [-0.2, -0.15) is 5.10 Å². The molecule has 0 aliphatic carbocycles. The van der Waals surface area contributed by atoms with Crippen LogP contribution in [0.5, 0.6) is 23.0 Å². The second-order valence-electron chi connectivity index (χ2n) is 8.07. The van der Waals surface area contributed by atoms with Crippen LogP contribution >= 0.6 is 11.6 Å². The lowest BCUT2D eigenvalue weighted by molar-refractivity contribution is -0.0217. The Hall–Kier alpha value is -3.91. The predicted molar refractivity (Wildman–Crippen MR) is 130 cm³/mol. The average Bonchev–Trinajstić information content (AvgIpc) is 3.33. The minimum Gasteiger partial charge on any atom is -0.493 e. The maximum atomic E-state index is 12.4. The molecule has 3 aromatic carbocycles. The molecule has 2 aliphatic heterocycles. The minimum atomic E-state index is -1.16. The molecule has 2 atom stereocenters. The molecule has 0 bridgehead atoms. The van der Waals surface area contributed by atoms with E-state index in [2.05, 4.69) is 0 Å². The summed E-state index contributed by atoms with van der Waals surface area (Å²) in [5, 5.41) is 17.5. The maximum absolute atomic E-state index is 12.4. The number of halogens is 1. The van der Waals surface area contributed by atoms with Crippen LogP contribution in [0.4, 0.5) is 0 Å². The molecular weight excluding hydrogens is 472 g/mol. The van der Waals surface area contributed by atoms with E-state index in [0.29, 0.717) is 34.3 Å². The standard InChI is InChI=1S/C26H23ClN2O6/c1-32-20-6-4-5-16-19-13-18(14-7-9-15(27)10-8-14)28-29(19)25(35-23(16)20)17-11-12-21(33-2)24(34-3)22(17)26(30)31/h4-12,19,25H,13H2,1-3H3,(H,30,31)/t19-,25+/m1/s1. The molecule has 0 unspecified atom stereocenters. The van der Waals surface area contributed by atoms with E-state index in [1.54, 1.807) is 24.3 Å². The van der Waals surface area contributed by atoms with Crippen molar-refractivity contribution in [1.82, 2.24) is 5.01 Å². The zero-order valence-electron chi connectivity index (χ0n) is 19.3. The van der Waals surface area contributed by atoms with Crippen molar-refractivity contribution < 1.29 is 28.8 Å². The predicted octanol–water partition coefficient (Wildman–Crippen LogP) is 5.31. The van der Waals surface area contributed by atoms with Gasteiger partial charge in [0.15, 0.2) is 23.0 Å². The Morgan fingerprint density at radius 2 is 1.74 bits per heavy atom. The van der Waals surface area contributed by atoms with E-state index in [9.17, 15) is 9.90 Å². The van der Waals surface area contributed by atoms with E-state index in [1.807, 2.05) is 42.5 Å². The van der Waals surface area contributed by atoms with Crippen LogP contribution < -0.4 is 18.9 Å². The highest BCUT2D eigenvalue weighted by atomic mass is 35.5. The van der Waals surface area contributed by atoms with E-state index in [-0.39, 0.29) is 17.4 Å². The number of ether oxygens (including phenoxy) is 4. The number of methoxy groups -OCH3 is 3. The minimum absolute atomic E-state index is 0.0518. The lowest BCUT2D eigenvalue weighted by Crippen LogP contribution is -2.35. The average molecular weight is 495 g/mol. The number of rotatable bonds is 6. The van der Waals surface area contributed by atoms with Crippen LogP contribution in [-0.2, 0) is 0 Å².